The molecule has 4 heteroatoms. The van der Waals surface area contributed by atoms with Gasteiger partial charge in [0.15, 0.2) is 0 Å². The lowest BCUT2D eigenvalue weighted by Gasteiger charge is -2.22. The number of methoxy groups -OCH3 is 2. The Balaban J connectivity index is 2.24. The fourth-order valence-electron chi connectivity index (χ4n) is 3.06. The lowest BCUT2D eigenvalue weighted by molar-refractivity contribution is 0.0932. The summed E-state index contributed by atoms with van der Waals surface area (Å²) >= 11 is 0. The number of nitrogens with one attached hydrogen (secondary N) is 1. The van der Waals surface area contributed by atoms with Gasteiger partial charge in [-0.15, -0.1) is 6.58 Å². The van der Waals surface area contributed by atoms with Crippen molar-refractivity contribution in [2.75, 3.05) is 14.2 Å². The standard InChI is InChI=1S/C23H29NO3/c1-6-7-18-15-19(10-13-22(18)27-5)23(25)24-21(14-16(2)3)17-8-11-20(26-4)12-9-17/h6,8-13,15-16,21H,1,7,14H2,2-5H3,(H,24,25)/t21-/m0/s1. The molecule has 0 saturated heterocycles. The van der Waals surface area contributed by atoms with E-state index in [0.717, 1.165) is 29.0 Å². The van der Waals surface area contributed by atoms with Gasteiger partial charge < -0.3 is 14.8 Å². The Labute approximate surface area is 162 Å². The predicted molar refractivity (Wildman–Crippen MR) is 110 cm³/mol. The summed E-state index contributed by atoms with van der Waals surface area (Å²) in [6, 6.07) is 13.3. The molecule has 27 heavy (non-hydrogen) atoms. The number of carbonyl (C=O) groups is 1. The van der Waals surface area contributed by atoms with Crippen LogP contribution in [-0.4, -0.2) is 20.1 Å². The monoisotopic (exact) mass is 367 g/mol. The molecule has 0 heterocycles. The maximum absolute atomic E-state index is 12.9. The van der Waals surface area contributed by atoms with E-state index in [-0.39, 0.29) is 11.9 Å². The Morgan fingerprint density at radius 3 is 2.37 bits per heavy atom. The number of hydrogen-bond acceptors (Lipinski definition) is 3. The number of hydrogen-bond donors (Lipinski definition) is 1. The highest BCUT2D eigenvalue weighted by Crippen LogP contribution is 2.25. The van der Waals surface area contributed by atoms with Crippen molar-refractivity contribution in [2.24, 2.45) is 5.92 Å². The zero-order valence-corrected chi connectivity index (χ0v) is 16.6. The van der Waals surface area contributed by atoms with Gasteiger partial charge in [0.1, 0.15) is 11.5 Å². The minimum atomic E-state index is -0.0931. The molecule has 0 spiro atoms. The maximum Gasteiger partial charge on any atom is 0.251 e. The largest absolute Gasteiger partial charge is 0.497 e. The first-order chi connectivity index (χ1) is 13.0. The minimum absolute atomic E-state index is 0.0617. The third-order valence-corrected chi connectivity index (χ3v) is 4.44. The first-order valence-corrected chi connectivity index (χ1v) is 9.21. The molecule has 2 aromatic carbocycles. The Morgan fingerprint density at radius 1 is 1.11 bits per heavy atom. The Bertz CT molecular complexity index is 766. The molecule has 0 aliphatic rings. The highest BCUT2D eigenvalue weighted by Gasteiger charge is 2.18. The molecule has 0 unspecified atom stereocenters. The van der Waals surface area contributed by atoms with Crippen LogP contribution in [-0.2, 0) is 6.42 Å². The Morgan fingerprint density at radius 2 is 1.81 bits per heavy atom. The summed E-state index contributed by atoms with van der Waals surface area (Å²) < 4.78 is 10.6. The molecule has 0 aliphatic carbocycles. The van der Waals surface area contributed by atoms with E-state index in [9.17, 15) is 4.79 Å². The molecular formula is C23H29NO3. The van der Waals surface area contributed by atoms with Crippen LogP contribution in [0.25, 0.3) is 0 Å². The summed E-state index contributed by atoms with van der Waals surface area (Å²) in [6.45, 7) is 8.08. The number of ether oxygens (including phenoxy) is 2. The molecule has 2 aromatic rings. The molecule has 0 radical (unpaired) electrons. The number of allylic oxidation sites excluding steroid dienone is 1. The van der Waals surface area contributed by atoms with Gasteiger partial charge in [0.25, 0.3) is 5.91 Å². The normalized spacial score (nSPS) is 11.7. The van der Waals surface area contributed by atoms with Crippen molar-refractivity contribution >= 4 is 5.91 Å². The molecule has 1 amide bonds. The van der Waals surface area contributed by atoms with Crippen LogP contribution < -0.4 is 14.8 Å². The van der Waals surface area contributed by atoms with E-state index >= 15 is 0 Å². The van der Waals surface area contributed by atoms with Crippen LogP contribution in [0.2, 0.25) is 0 Å². The van der Waals surface area contributed by atoms with Gasteiger partial charge in [-0.3, -0.25) is 4.79 Å². The van der Waals surface area contributed by atoms with Crippen molar-refractivity contribution in [3.8, 4) is 11.5 Å². The van der Waals surface area contributed by atoms with Crippen LogP contribution in [0.1, 0.15) is 47.8 Å². The van der Waals surface area contributed by atoms with E-state index in [4.69, 9.17) is 9.47 Å². The van der Waals surface area contributed by atoms with Crippen LogP contribution in [0.3, 0.4) is 0 Å². The fourth-order valence-corrected chi connectivity index (χ4v) is 3.06. The second kappa shape index (κ2) is 9.81. The Kier molecular flexibility index (Phi) is 7.47. The summed E-state index contributed by atoms with van der Waals surface area (Å²) in [5, 5.41) is 3.18. The van der Waals surface area contributed by atoms with Gasteiger partial charge >= 0.3 is 0 Å². The van der Waals surface area contributed by atoms with Gasteiger partial charge in [-0.25, -0.2) is 0 Å². The summed E-state index contributed by atoms with van der Waals surface area (Å²) in [7, 11) is 3.27. The van der Waals surface area contributed by atoms with E-state index < -0.39 is 0 Å². The highest BCUT2D eigenvalue weighted by atomic mass is 16.5. The van der Waals surface area contributed by atoms with Gasteiger partial charge in [-0.1, -0.05) is 32.1 Å². The lowest BCUT2D eigenvalue weighted by atomic mass is 9.96. The number of amides is 1. The van der Waals surface area contributed by atoms with E-state index in [0.29, 0.717) is 17.9 Å². The SMILES string of the molecule is C=CCc1cc(C(=O)N[C@@H](CC(C)C)c2ccc(OC)cc2)ccc1OC. The summed E-state index contributed by atoms with van der Waals surface area (Å²) in [4.78, 5) is 12.9. The molecular weight excluding hydrogens is 338 g/mol. The van der Waals surface area contributed by atoms with Crippen LogP contribution >= 0.6 is 0 Å². The molecule has 1 atom stereocenters. The molecule has 2 rings (SSSR count). The van der Waals surface area contributed by atoms with Gasteiger partial charge in [0.05, 0.1) is 20.3 Å². The predicted octanol–water partition coefficient (Wildman–Crippen LogP) is 4.95. The van der Waals surface area contributed by atoms with Crippen LogP contribution in [0.5, 0.6) is 11.5 Å². The Hall–Kier alpha value is -2.75. The second-order valence-corrected chi connectivity index (χ2v) is 6.95. The topological polar surface area (TPSA) is 47.6 Å². The molecule has 144 valence electrons. The van der Waals surface area contributed by atoms with Crippen molar-refractivity contribution in [3.05, 3.63) is 71.8 Å². The second-order valence-electron chi connectivity index (χ2n) is 6.95. The van der Waals surface area contributed by atoms with Gasteiger partial charge in [0, 0.05) is 5.56 Å². The molecule has 0 aliphatic heterocycles. The number of rotatable bonds is 9. The third-order valence-electron chi connectivity index (χ3n) is 4.44. The van der Waals surface area contributed by atoms with Crippen molar-refractivity contribution < 1.29 is 14.3 Å². The van der Waals surface area contributed by atoms with Crippen molar-refractivity contribution in [3.63, 3.8) is 0 Å². The number of benzene rings is 2. The fraction of sp³-hybridized carbons (Fsp3) is 0.348. The third kappa shape index (κ3) is 5.61. The van der Waals surface area contributed by atoms with E-state index in [1.54, 1.807) is 26.4 Å². The van der Waals surface area contributed by atoms with Crippen LogP contribution in [0, 0.1) is 5.92 Å². The van der Waals surface area contributed by atoms with Gasteiger partial charge in [-0.2, -0.15) is 0 Å². The van der Waals surface area contributed by atoms with Gasteiger partial charge in [-0.05, 0) is 60.2 Å². The lowest BCUT2D eigenvalue weighted by Crippen LogP contribution is -2.29. The van der Waals surface area contributed by atoms with E-state index in [2.05, 4.69) is 25.7 Å². The summed E-state index contributed by atoms with van der Waals surface area (Å²) in [5.41, 5.74) is 2.64. The van der Waals surface area contributed by atoms with Gasteiger partial charge in [0.2, 0.25) is 0 Å². The summed E-state index contributed by atoms with van der Waals surface area (Å²) in [5.74, 6) is 1.92. The van der Waals surface area contributed by atoms with E-state index in [1.165, 1.54) is 0 Å². The highest BCUT2D eigenvalue weighted by molar-refractivity contribution is 5.94. The average molecular weight is 367 g/mol. The first kappa shape index (κ1) is 20.6. The summed E-state index contributed by atoms with van der Waals surface area (Å²) in [6.07, 6.45) is 3.31. The zero-order valence-electron chi connectivity index (χ0n) is 16.6. The average Bonchev–Trinajstić information content (AvgIpc) is 2.67. The molecule has 0 aromatic heterocycles. The van der Waals surface area contributed by atoms with Crippen molar-refractivity contribution in [1.82, 2.24) is 5.32 Å². The van der Waals surface area contributed by atoms with Crippen LogP contribution in [0.15, 0.2) is 55.1 Å². The first-order valence-electron chi connectivity index (χ1n) is 9.21. The smallest absolute Gasteiger partial charge is 0.251 e. The molecule has 0 saturated carbocycles. The molecule has 0 fully saturated rings. The van der Waals surface area contributed by atoms with Crippen molar-refractivity contribution in [2.45, 2.75) is 32.7 Å². The molecule has 0 bridgehead atoms. The quantitative estimate of drug-likeness (QED) is 0.638. The van der Waals surface area contributed by atoms with E-state index in [1.807, 2.05) is 36.4 Å². The number of carbonyl (C=O) groups excluding carboxylic acids is 1. The van der Waals surface area contributed by atoms with Crippen LogP contribution in [0.4, 0.5) is 0 Å². The maximum atomic E-state index is 12.9. The zero-order chi connectivity index (χ0) is 19.8. The molecule has 4 nitrogen and oxygen atoms in total. The van der Waals surface area contributed by atoms with Crippen molar-refractivity contribution in [1.29, 1.82) is 0 Å². The minimum Gasteiger partial charge on any atom is -0.497 e. The molecule has 1 N–H and O–H groups in total.